The average Bonchev–Trinajstić information content (AvgIpc) is 2.34. The Kier molecular flexibility index (Phi) is 3.13. The van der Waals surface area contributed by atoms with E-state index in [2.05, 4.69) is 5.32 Å². The van der Waals surface area contributed by atoms with Gasteiger partial charge in [-0.05, 0) is 12.8 Å². The Hall–Kier alpha value is -0.0800. The van der Waals surface area contributed by atoms with Crippen LogP contribution in [0.2, 0.25) is 0 Å². The third kappa shape index (κ3) is 1.80. The normalized spacial score (nSPS) is 27.2. The molecule has 0 amide bonds. The smallest absolute Gasteiger partial charge is 0.148 e. The van der Waals surface area contributed by atoms with Crippen molar-refractivity contribution in [1.82, 2.24) is 5.32 Å². The van der Waals surface area contributed by atoms with Crippen LogP contribution >= 0.6 is 12.4 Å². The first-order chi connectivity index (χ1) is 5.31. The zero-order valence-electron chi connectivity index (χ0n) is 7.27. The van der Waals surface area contributed by atoms with E-state index in [-0.39, 0.29) is 17.9 Å². The third-order valence-corrected chi connectivity index (χ3v) is 3.01. The van der Waals surface area contributed by atoms with Gasteiger partial charge >= 0.3 is 0 Å². The predicted octanol–water partition coefficient (Wildman–Crippen LogP) is 1.67. The largest absolute Gasteiger partial charge is 0.304 e. The minimum atomic E-state index is 0. The zero-order valence-corrected chi connectivity index (χ0v) is 8.08. The van der Waals surface area contributed by atoms with Gasteiger partial charge in [-0.1, -0.05) is 19.3 Å². The maximum Gasteiger partial charge on any atom is 0.148 e. The number of carbonyl (C=O) groups is 1. The number of nitrogens with one attached hydrogen (secondary N) is 1. The van der Waals surface area contributed by atoms with Gasteiger partial charge in [-0.2, -0.15) is 0 Å². The molecule has 1 heterocycles. The van der Waals surface area contributed by atoms with E-state index in [4.69, 9.17) is 0 Å². The van der Waals surface area contributed by atoms with E-state index in [0.29, 0.717) is 12.3 Å². The molecule has 70 valence electrons. The summed E-state index contributed by atoms with van der Waals surface area (Å²) in [6, 6.07) is 0. The molecule has 0 bridgehead atoms. The molecule has 3 heteroatoms. The van der Waals surface area contributed by atoms with Crippen LogP contribution in [0.15, 0.2) is 0 Å². The lowest BCUT2D eigenvalue weighted by molar-refractivity contribution is -0.116. The molecule has 1 spiro atoms. The maximum absolute atomic E-state index is 11.1. The summed E-state index contributed by atoms with van der Waals surface area (Å²) in [6.45, 7) is 0.625. The van der Waals surface area contributed by atoms with Crippen molar-refractivity contribution < 1.29 is 4.79 Å². The molecule has 0 aromatic heterocycles. The molecule has 1 N–H and O–H groups in total. The van der Waals surface area contributed by atoms with Crippen LogP contribution in [0.3, 0.4) is 0 Å². The van der Waals surface area contributed by atoms with Crippen molar-refractivity contribution >= 4 is 18.2 Å². The first kappa shape index (κ1) is 10.0. The highest BCUT2D eigenvalue weighted by molar-refractivity contribution is 5.85. The van der Waals surface area contributed by atoms with E-state index in [0.717, 1.165) is 6.42 Å². The molecule has 1 aliphatic carbocycles. The quantitative estimate of drug-likeness (QED) is 0.628. The molecular formula is C9H16ClNO. The molecule has 1 saturated heterocycles. The van der Waals surface area contributed by atoms with Gasteiger partial charge in [-0.3, -0.25) is 4.79 Å². The van der Waals surface area contributed by atoms with Gasteiger partial charge in [0.2, 0.25) is 0 Å². The summed E-state index contributed by atoms with van der Waals surface area (Å²) in [5.41, 5.74) is 0.245. The topological polar surface area (TPSA) is 29.1 Å². The summed E-state index contributed by atoms with van der Waals surface area (Å²) in [4.78, 5) is 11.1. The Morgan fingerprint density at radius 1 is 1.17 bits per heavy atom. The second-order valence-electron chi connectivity index (χ2n) is 3.91. The standard InChI is InChI=1S/C9H15NO.ClH/c11-8-6-9(10-7-8)4-2-1-3-5-9;/h10H,1-7H2;1H. The van der Waals surface area contributed by atoms with Gasteiger partial charge in [0.25, 0.3) is 0 Å². The summed E-state index contributed by atoms with van der Waals surface area (Å²) >= 11 is 0. The lowest BCUT2D eigenvalue weighted by Gasteiger charge is -2.32. The highest BCUT2D eigenvalue weighted by atomic mass is 35.5. The predicted molar refractivity (Wildman–Crippen MR) is 50.7 cm³/mol. The fourth-order valence-electron chi connectivity index (χ4n) is 2.37. The van der Waals surface area contributed by atoms with Crippen LogP contribution in [0.1, 0.15) is 38.5 Å². The average molecular weight is 190 g/mol. The van der Waals surface area contributed by atoms with Crippen molar-refractivity contribution in [2.24, 2.45) is 0 Å². The van der Waals surface area contributed by atoms with Crippen molar-refractivity contribution in [2.45, 2.75) is 44.1 Å². The maximum atomic E-state index is 11.1. The third-order valence-electron chi connectivity index (χ3n) is 3.01. The Morgan fingerprint density at radius 3 is 2.33 bits per heavy atom. The Bertz CT molecular complexity index is 175. The monoisotopic (exact) mass is 189 g/mol. The van der Waals surface area contributed by atoms with Gasteiger partial charge in [0.05, 0.1) is 6.54 Å². The first-order valence-corrected chi connectivity index (χ1v) is 4.58. The molecule has 0 radical (unpaired) electrons. The van der Waals surface area contributed by atoms with E-state index >= 15 is 0 Å². The van der Waals surface area contributed by atoms with Gasteiger partial charge in [-0.25, -0.2) is 0 Å². The SMILES string of the molecule is Cl.O=C1CNC2(CCCCC2)C1. The van der Waals surface area contributed by atoms with Gasteiger partial charge in [0.1, 0.15) is 5.78 Å². The molecule has 0 aromatic carbocycles. The van der Waals surface area contributed by atoms with E-state index in [1.54, 1.807) is 0 Å². The fraction of sp³-hybridized carbons (Fsp3) is 0.889. The molecule has 1 saturated carbocycles. The van der Waals surface area contributed by atoms with E-state index in [1.807, 2.05) is 0 Å². The number of hydrogen-bond acceptors (Lipinski definition) is 2. The molecular weight excluding hydrogens is 174 g/mol. The number of rotatable bonds is 0. The summed E-state index contributed by atoms with van der Waals surface area (Å²) in [5, 5.41) is 3.37. The van der Waals surface area contributed by atoms with Crippen LogP contribution in [-0.2, 0) is 4.79 Å². The van der Waals surface area contributed by atoms with Crippen LogP contribution in [0.25, 0.3) is 0 Å². The van der Waals surface area contributed by atoms with Crippen molar-refractivity contribution in [3.05, 3.63) is 0 Å². The number of Topliss-reactive ketones (excluding diaryl/α,β-unsaturated/α-hetero) is 1. The summed E-state index contributed by atoms with van der Waals surface area (Å²) < 4.78 is 0. The summed E-state index contributed by atoms with van der Waals surface area (Å²) in [5.74, 6) is 0.409. The highest BCUT2D eigenvalue weighted by Gasteiger charge is 2.38. The van der Waals surface area contributed by atoms with Gasteiger partial charge in [0, 0.05) is 12.0 Å². The van der Waals surface area contributed by atoms with Gasteiger partial charge in [-0.15, -0.1) is 12.4 Å². The lowest BCUT2D eigenvalue weighted by atomic mass is 9.81. The molecule has 2 fully saturated rings. The minimum Gasteiger partial charge on any atom is -0.304 e. The molecule has 0 atom stereocenters. The number of hydrogen-bond donors (Lipinski definition) is 1. The number of ketones is 1. The lowest BCUT2D eigenvalue weighted by Crippen LogP contribution is -2.41. The van der Waals surface area contributed by atoms with Crippen LogP contribution < -0.4 is 5.32 Å². The molecule has 2 rings (SSSR count). The van der Waals surface area contributed by atoms with Crippen molar-refractivity contribution in [3.8, 4) is 0 Å². The van der Waals surface area contributed by atoms with Gasteiger partial charge in [0.15, 0.2) is 0 Å². The molecule has 12 heavy (non-hydrogen) atoms. The number of halogens is 1. The second kappa shape index (κ2) is 3.75. The van der Waals surface area contributed by atoms with Crippen molar-refractivity contribution in [2.75, 3.05) is 6.54 Å². The molecule has 2 nitrogen and oxygen atoms in total. The fourth-order valence-corrected chi connectivity index (χ4v) is 2.37. The second-order valence-corrected chi connectivity index (χ2v) is 3.91. The van der Waals surface area contributed by atoms with Crippen LogP contribution in [-0.4, -0.2) is 17.9 Å². The Morgan fingerprint density at radius 2 is 1.83 bits per heavy atom. The summed E-state index contributed by atoms with van der Waals surface area (Å²) in [7, 11) is 0. The zero-order chi connectivity index (χ0) is 7.73. The summed E-state index contributed by atoms with van der Waals surface area (Å²) in [6.07, 6.45) is 7.21. The van der Waals surface area contributed by atoms with E-state index < -0.39 is 0 Å². The van der Waals surface area contributed by atoms with Gasteiger partial charge < -0.3 is 5.32 Å². The molecule has 0 aromatic rings. The highest BCUT2D eigenvalue weighted by Crippen LogP contribution is 2.33. The van der Waals surface area contributed by atoms with Crippen molar-refractivity contribution in [3.63, 3.8) is 0 Å². The van der Waals surface area contributed by atoms with E-state index in [9.17, 15) is 4.79 Å². The molecule has 2 aliphatic rings. The number of carbonyl (C=O) groups excluding carboxylic acids is 1. The van der Waals surface area contributed by atoms with Crippen LogP contribution in [0.5, 0.6) is 0 Å². The molecule has 1 aliphatic heterocycles. The Balaban J connectivity index is 0.000000720. The van der Waals surface area contributed by atoms with E-state index in [1.165, 1.54) is 32.1 Å². The van der Waals surface area contributed by atoms with Crippen LogP contribution in [0.4, 0.5) is 0 Å². The Labute approximate surface area is 79.5 Å². The first-order valence-electron chi connectivity index (χ1n) is 4.58. The van der Waals surface area contributed by atoms with Crippen LogP contribution in [0, 0.1) is 0 Å². The van der Waals surface area contributed by atoms with Crippen molar-refractivity contribution in [1.29, 1.82) is 0 Å². The minimum absolute atomic E-state index is 0. The molecule has 0 unspecified atom stereocenters.